The van der Waals surface area contributed by atoms with Crippen LogP contribution in [0.1, 0.15) is 43.8 Å². The minimum absolute atomic E-state index is 0.0251. The summed E-state index contributed by atoms with van der Waals surface area (Å²) in [5, 5.41) is 3.29. The van der Waals surface area contributed by atoms with Crippen molar-refractivity contribution in [3.63, 3.8) is 0 Å². The number of hydrogen-bond acceptors (Lipinski definition) is 5. The van der Waals surface area contributed by atoms with Crippen molar-refractivity contribution in [2.75, 3.05) is 11.1 Å². The molecule has 0 fully saturated rings. The van der Waals surface area contributed by atoms with E-state index in [2.05, 4.69) is 39.3 Å². The second-order valence-corrected chi connectivity index (χ2v) is 6.32. The first-order valence-electron chi connectivity index (χ1n) is 7.40. The SMILES string of the molecule is CC1Cc2ccccc2[C@@H]1Nc1nc(N)nc(C(C)(C)F)n1. The number of nitrogen functional groups attached to an aromatic ring is 1. The van der Waals surface area contributed by atoms with Crippen LogP contribution in [0.4, 0.5) is 16.3 Å². The predicted molar refractivity (Wildman–Crippen MR) is 84.0 cm³/mol. The lowest BCUT2D eigenvalue weighted by Gasteiger charge is -2.20. The minimum atomic E-state index is -1.66. The summed E-state index contributed by atoms with van der Waals surface area (Å²) in [6.45, 7) is 4.97. The van der Waals surface area contributed by atoms with E-state index >= 15 is 0 Å². The van der Waals surface area contributed by atoms with Crippen molar-refractivity contribution in [2.24, 2.45) is 5.92 Å². The summed E-state index contributed by atoms with van der Waals surface area (Å²) < 4.78 is 14.1. The molecule has 1 unspecified atom stereocenters. The first-order valence-corrected chi connectivity index (χ1v) is 7.40. The molecule has 0 amide bonds. The summed E-state index contributed by atoms with van der Waals surface area (Å²) in [7, 11) is 0. The van der Waals surface area contributed by atoms with Gasteiger partial charge in [0, 0.05) is 0 Å². The highest BCUT2D eigenvalue weighted by atomic mass is 19.1. The zero-order valence-electron chi connectivity index (χ0n) is 13.0. The number of nitrogens with one attached hydrogen (secondary N) is 1. The zero-order valence-corrected chi connectivity index (χ0v) is 13.0. The van der Waals surface area contributed by atoms with E-state index in [-0.39, 0.29) is 17.8 Å². The number of halogens is 1. The molecule has 1 aromatic heterocycles. The Labute approximate surface area is 129 Å². The Kier molecular flexibility index (Phi) is 3.47. The Morgan fingerprint density at radius 2 is 1.95 bits per heavy atom. The maximum absolute atomic E-state index is 14.1. The highest BCUT2D eigenvalue weighted by molar-refractivity contribution is 5.42. The van der Waals surface area contributed by atoms with Crippen LogP contribution in [-0.4, -0.2) is 15.0 Å². The van der Waals surface area contributed by atoms with Crippen molar-refractivity contribution in [3.8, 4) is 0 Å². The highest BCUT2D eigenvalue weighted by Gasteiger charge is 2.30. The van der Waals surface area contributed by atoms with Gasteiger partial charge < -0.3 is 11.1 Å². The number of aromatic nitrogens is 3. The van der Waals surface area contributed by atoms with Crippen LogP contribution in [0, 0.1) is 5.92 Å². The fourth-order valence-corrected chi connectivity index (χ4v) is 2.88. The summed E-state index contributed by atoms with van der Waals surface area (Å²) in [6.07, 6.45) is 0.996. The van der Waals surface area contributed by atoms with Crippen LogP contribution in [0.15, 0.2) is 24.3 Å². The van der Waals surface area contributed by atoms with Gasteiger partial charge >= 0.3 is 0 Å². The molecule has 1 aliphatic carbocycles. The molecular formula is C16H20FN5. The summed E-state index contributed by atoms with van der Waals surface area (Å²) in [5.74, 6) is 0.789. The molecule has 0 bridgehead atoms. The van der Waals surface area contributed by atoms with E-state index in [9.17, 15) is 4.39 Å². The third kappa shape index (κ3) is 2.73. The van der Waals surface area contributed by atoms with Crippen molar-refractivity contribution < 1.29 is 4.39 Å². The number of anilines is 2. The number of rotatable bonds is 3. The van der Waals surface area contributed by atoms with Crippen molar-refractivity contribution in [1.82, 2.24) is 15.0 Å². The Balaban J connectivity index is 1.92. The molecule has 1 aromatic carbocycles. The number of nitrogens with two attached hydrogens (primary N) is 1. The third-order valence-electron chi connectivity index (χ3n) is 3.97. The summed E-state index contributed by atoms with van der Waals surface area (Å²) in [5.41, 5.74) is 6.58. The molecule has 5 nitrogen and oxygen atoms in total. The molecule has 6 heteroatoms. The zero-order chi connectivity index (χ0) is 15.9. The van der Waals surface area contributed by atoms with Crippen molar-refractivity contribution >= 4 is 11.9 Å². The second-order valence-electron chi connectivity index (χ2n) is 6.32. The largest absolute Gasteiger partial charge is 0.368 e. The van der Waals surface area contributed by atoms with Gasteiger partial charge in [0.2, 0.25) is 11.9 Å². The normalized spacial score (nSPS) is 20.7. The van der Waals surface area contributed by atoms with E-state index in [1.165, 1.54) is 25.0 Å². The van der Waals surface area contributed by atoms with Crippen molar-refractivity contribution in [3.05, 3.63) is 41.2 Å². The Morgan fingerprint density at radius 1 is 1.23 bits per heavy atom. The molecule has 0 saturated carbocycles. The third-order valence-corrected chi connectivity index (χ3v) is 3.97. The molecule has 1 heterocycles. The average molecular weight is 301 g/mol. The van der Waals surface area contributed by atoms with E-state index in [0.717, 1.165) is 6.42 Å². The monoisotopic (exact) mass is 301 g/mol. The lowest BCUT2D eigenvalue weighted by Crippen LogP contribution is -2.21. The molecule has 3 N–H and O–H groups in total. The van der Waals surface area contributed by atoms with Crippen LogP contribution in [0.2, 0.25) is 0 Å². The van der Waals surface area contributed by atoms with E-state index in [0.29, 0.717) is 11.9 Å². The molecule has 116 valence electrons. The lowest BCUT2D eigenvalue weighted by molar-refractivity contribution is 0.206. The van der Waals surface area contributed by atoms with Gasteiger partial charge in [0.05, 0.1) is 6.04 Å². The summed E-state index contributed by atoms with van der Waals surface area (Å²) in [4.78, 5) is 12.2. The van der Waals surface area contributed by atoms with Gasteiger partial charge in [-0.1, -0.05) is 31.2 Å². The number of hydrogen-bond donors (Lipinski definition) is 2. The van der Waals surface area contributed by atoms with E-state index < -0.39 is 5.67 Å². The van der Waals surface area contributed by atoms with Crippen LogP contribution in [0.25, 0.3) is 0 Å². The smallest absolute Gasteiger partial charge is 0.228 e. The van der Waals surface area contributed by atoms with Crippen molar-refractivity contribution in [2.45, 2.75) is 38.9 Å². The number of alkyl halides is 1. The minimum Gasteiger partial charge on any atom is -0.368 e. The van der Waals surface area contributed by atoms with Gasteiger partial charge in [0.1, 0.15) is 0 Å². The molecule has 2 atom stereocenters. The molecule has 0 spiro atoms. The topological polar surface area (TPSA) is 76.7 Å². The second kappa shape index (κ2) is 5.19. The molecule has 0 radical (unpaired) electrons. The van der Waals surface area contributed by atoms with Gasteiger partial charge in [0.15, 0.2) is 11.5 Å². The summed E-state index contributed by atoms with van der Waals surface area (Å²) in [6, 6.07) is 8.38. The highest BCUT2D eigenvalue weighted by Crippen LogP contribution is 2.37. The lowest BCUT2D eigenvalue weighted by atomic mass is 10.0. The van der Waals surface area contributed by atoms with Crippen LogP contribution in [-0.2, 0) is 12.1 Å². The number of fused-ring (bicyclic) bond motifs is 1. The maximum Gasteiger partial charge on any atom is 0.228 e. The average Bonchev–Trinajstić information content (AvgIpc) is 2.74. The van der Waals surface area contributed by atoms with Crippen LogP contribution in [0.3, 0.4) is 0 Å². The summed E-state index contributed by atoms with van der Waals surface area (Å²) >= 11 is 0. The fraction of sp³-hybridized carbons (Fsp3) is 0.438. The van der Waals surface area contributed by atoms with E-state index in [1.54, 1.807) is 0 Å². The molecule has 2 aromatic rings. The number of nitrogens with zero attached hydrogens (tertiary/aromatic N) is 3. The van der Waals surface area contributed by atoms with Gasteiger partial charge in [-0.2, -0.15) is 15.0 Å². The van der Waals surface area contributed by atoms with Gasteiger partial charge in [-0.25, -0.2) is 4.39 Å². The van der Waals surface area contributed by atoms with Gasteiger partial charge in [-0.3, -0.25) is 0 Å². The quantitative estimate of drug-likeness (QED) is 0.911. The first kappa shape index (κ1) is 14.7. The molecule has 1 aliphatic rings. The van der Waals surface area contributed by atoms with Crippen LogP contribution >= 0.6 is 0 Å². The van der Waals surface area contributed by atoms with Crippen molar-refractivity contribution in [1.29, 1.82) is 0 Å². The molecule has 0 aliphatic heterocycles. The van der Waals surface area contributed by atoms with Gasteiger partial charge in [0.25, 0.3) is 0 Å². The Bertz CT molecular complexity index is 695. The van der Waals surface area contributed by atoms with Gasteiger partial charge in [-0.05, 0) is 37.3 Å². The fourth-order valence-electron chi connectivity index (χ4n) is 2.88. The maximum atomic E-state index is 14.1. The van der Waals surface area contributed by atoms with Gasteiger partial charge in [-0.15, -0.1) is 0 Å². The molecule has 3 rings (SSSR count). The molecule has 22 heavy (non-hydrogen) atoms. The first-order chi connectivity index (χ1) is 10.3. The predicted octanol–water partition coefficient (Wildman–Crippen LogP) is 3.00. The van der Waals surface area contributed by atoms with E-state index in [4.69, 9.17) is 5.73 Å². The van der Waals surface area contributed by atoms with Crippen LogP contribution in [0.5, 0.6) is 0 Å². The molecule has 0 saturated heterocycles. The van der Waals surface area contributed by atoms with E-state index in [1.807, 2.05) is 12.1 Å². The Morgan fingerprint density at radius 3 is 2.68 bits per heavy atom. The molecular weight excluding hydrogens is 281 g/mol. The Hall–Kier alpha value is -2.24. The number of benzene rings is 1. The van der Waals surface area contributed by atoms with Crippen LogP contribution < -0.4 is 11.1 Å². The standard InChI is InChI=1S/C16H20FN5/c1-9-8-10-6-4-5-7-11(10)12(9)19-15-21-13(16(2,3)17)20-14(18)22-15/h4-7,9,12H,8H2,1-3H3,(H3,18,19,20,21,22)/t9?,12-/m1/s1.